The van der Waals surface area contributed by atoms with Crippen LogP contribution in [0.3, 0.4) is 0 Å². The molecule has 27 heavy (non-hydrogen) atoms. The van der Waals surface area contributed by atoms with Crippen molar-refractivity contribution in [2.45, 2.75) is 5.16 Å². The molecule has 2 N–H and O–H groups in total. The molecule has 0 aliphatic rings. The molecular formula is C18H18ClN3O4S. The van der Waals surface area contributed by atoms with Crippen molar-refractivity contribution >= 4 is 46.0 Å². The maximum atomic E-state index is 12.3. The number of fused-ring (bicyclic) bond motifs is 1. The molecule has 9 heteroatoms. The van der Waals surface area contributed by atoms with E-state index in [2.05, 4.69) is 15.3 Å². The lowest BCUT2D eigenvalue weighted by Crippen LogP contribution is -2.15. The highest BCUT2D eigenvalue weighted by Gasteiger charge is 2.14. The van der Waals surface area contributed by atoms with Gasteiger partial charge in [0.1, 0.15) is 17.2 Å². The second-order valence-corrected chi connectivity index (χ2v) is 6.82. The van der Waals surface area contributed by atoms with Gasteiger partial charge in [-0.05, 0) is 18.2 Å². The number of hydrogen-bond donors (Lipinski definition) is 2. The highest BCUT2D eigenvalue weighted by molar-refractivity contribution is 7.99. The van der Waals surface area contributed by atoms with Crippen molar-refractivity contribution in [2.75, 3.05) is 32.4 Å². The molecule has 0 atom stereocenters. The number of rotatable bonds is 7. The molecule has 7 nitrogen and oxygen atoms in total. The molecule has 0 saturated carbocycles. The van der Waals surface area contributed by atoms with Crippen molar-refractivity contribution in [3.05, 3.63) is 35.4 Å². The summed E-state index contributed by atoms with van der Waals surface area (Å²) in [6.07, 6.45) is 0. The third kappa shape index (κ3) is 4.40. The Balaban J connectivity index is 1.67. The van der Waals surface area contributed by atoms with E-state index in [4.69, 9.17) is 25.8 Å². The van der Waals surface area contributed by atoms with E-state index in [-0.39, 0.29) is 11.7 Å². The summed E-state index contributed by atoms with van der Waals surface area (Å²) in [4.78, 5) is 19.9. The second-order valence-electron chi connectivity index (χ2n) is 5.45. The molecule has 142 valence electrons. The summed E-state index contributed by atoms with van der Waals surface area (Å²) in [7, 11) is 4.63. The lowest BCUT2D eigenvalue weighted by molar-refractivity contribution is -0.113. The third-order valence-corrected chi connectivity index (χ3v) is 4.92. The lowest BCUT2D eigenvalue weighted by atomic mass is 10.2. The number of H-pyrrole nitrogens is 1. The zero-order chi connectivity index (χ0) is 19.4. The number of thioether (sulfide) groups is 1. The monoisotopic (exact) mass is 407 g/mol. The molecule has 3 rings (SSSR count). The summed E-state index contributed by atoms with van der Waals surface area (Å²) in [6, 6.07) is 8.77. The number of anilines is 1. The number of imidazole rings is 1. The van der Waals surface area contributed by atoms with Gasteiger partial charge in [0.05, 0.1) is 48.8 Å². The molecule has 0 bridgehead atoms. The molecular weight excluding hydrogens is 390 g/mol. The standard InChI is InChI=1S/C18H18ClN3O4S/c1-24-10-4-5-12-13(6-10)22-18(21-12)27-9-17(23)20-14-7-11(19)15(25-2)8-16(14)26-3/h4-8H,9H2,1-3H3,(H,20,23)(H,21,22). The summed E-state index contributed by atoms with van der Waals surface area (Å²) in [5.41, 5.74) is 2.13. The Labute approximate surface area is 165 Å². The zero-order valence-corrected chi connectivity index (χ0v) is 16.5. The molecule has 1 aromatic heterocycles. The number of benzene rings is 2. The number of nitrogens with one attached hydrogen (secondary N) is 2. The van der Waals surface area contributed by atoms with Gasteiger partial charge in [-0.1, -0.05) is 23.4 Å². The highest BCUT2D eigenvalue weighted by Crippen LogP contribution is 2.36. The first-order chi connectivity index (χ1) is 13.0. The summed E-state index contributed by atoms with van der Waals surface area (Å²) < 4.78 is 15.6. The molecule has 0 saturated heterocycles. The molecule has 0 spiro atoms. The Hall–Kier alpha value is -2.58. The van der Waals surface area contributed by atoms with Crippen molar-refractivity contribution in [3.8, 4) is 17.2 Å². The quantitative estimate of drug-likeness (QED) is 0.576. The number of aromatic amines is 1. The summed E-state index contributed by atoms with van der Waals surface area (Å²) >= 11 is 7.42. The zero-order valence-electron chi connectivity index (χ0n) is 15.0. The number of methoxy groups -OCH3 is 3. The SMILES string of the molecule is COc1ccc2nc(SCC(=O)Nc3cc(Cl)c(OC)cc3OC)[nH]c2c1. The average Bonchev–Trinajstić information content (AvgIpc) is 3.08. The van der Waals surface area contributed by atoms with Gasteiger partial charge in [-0.25, -0.2) is 4.98 Å². The van der Waals surface area contributed by atoms with E-state index < -0.39 is 0 Å². The lowest BCUT2D eigenvalue weighted by Gasteiger charge is -2.12. The van der Waals surface area contributed by atoms with Crippen LogP contribution in [-0.4, -0.2) is 43.0 Å². The van der Waals surface area contributed by atoms with E-state index in [1.54, 1.807) is 19.2 Å². The van der Waals surface area contributed by atoms with Crippen molar-refractivity contribution in [1.82, 2.24) is 9.97 Å². The van der Waals surface area contributed by atoms with Gasteiger partial charge in [0, 0.05) is 12.1 Å². The Morgan fingerprint density at radius 1 is 1.15 bits per heavy atom. The fourth-order valence-electron chi connectivity index (χ4n) is 2.44. The largest absolute Gasteiger partial charge is 0.497 e. The number of hydrogen-bond acceptors (Lipinski definition) is 6. The first-order valence-corrected chi connectivity index (χ1v) is 9.28. The number of amides is 1. The molecule has 0 fully saturated rings. The van der Waals surface area contributed by atoms with Gasteiger partial charge in [0.2, 0.25) is 5.91 Å². The summed E-state index contributed by atoms with van der Waals surface area (Å²) in [5, 5.41) is 3.82. The van der Waals surface area contributed by atoms with Crippen LogP contribution in [0, 0.1) is 0 Å². The van der Waals surface area contributed by atoms with Crippen molar-refractivity contribution in [2.24, 2.45) is 0 Å². The second kappa shape index (κ2) is 8.41. The van der Waals surface area contributed by atoms with Gasteiger partial charge in [-0.15, -0.1) is 0 Å². The molecule has 0 unspecified atom stereocenters. The van der Waals surface area contributed by atoms with Crippen LogP contribution in [0.5, 0.6) is 17.2 Å². The maximum absolute atomic E-state index is 12.3. The smallest absolute Gasteiger partial charge is 0.234 e. The normalized spacial score (nSPS) is 10.7. The molecule has 1 heterocycles. The maximum Gasteiger partial charge on any atom is 0.234 e. The predicted octanol–water partition coefficient (Wildman–Crippen LogP) is 3.97. The average molecular weight is 408 g/mol. The minimum absolute atomic E-state index is 0.170. The van der Waals surface area contributed by atoms with Crippen molar-refractivity contribution < 1.29 is 19.0 Å². The molecule has 3 aromatic rings. The van der Waals surface area contributed by atoms with Gasteiger partial charge in [0.15, 0.2) is 5.16 Å². The predicted molar refractivity (Wildman–Crippen MR) is 107 cm³/mol. The van der Waals surface area contributed by atoms with E-state index in [9.17, 15) is 4.79 Å². The van der Waals surface area contributed by atoms with Crippen LogP contribution in [0.25, 0.3) is 11.0 Å². The fourth-order valence-corrected chi connectivity index (χ4v) is 3.36. The molecule has 2 aromatic carbocycles. The van der Waals surface area contributed by atoms with Crippen LogP contribution >= 0.6 is 23.4 Å². The first kappa shape index (κ1) is 19.2. The Bertz CT molecular complexity index is 977. The number of ether oxygens (including phenoxy) is 3. The molecule has 1 amide bonds. The number of carbonyl (C=O) groups is 1. The molecule has 0 aliphatic carbocycles. The summed E-state index contributed by atoms with van der Waals surface area (Å²) in [6.45, 7) is 0. The molecule has 0 radical (unpaired) electrons. The number of nitrogens with zero attached hydrogens (tertiary/aromatic N) is 1. The Morgan fingerprint density at radius 2 is 1.93 bits per heavy atom. The Morgan fingerprint density at radius 3 is 2.63 bits per heavy atom. The minimum Gasteiger partial charge on any atom is -0.497 e. The van der Waals surface area contributed by atoms with Gasteiger partial charge in [0.25, 0.3) is 0 Å². The van der Waals surface area contributed by atoms with Crippen LogP contribution < -0.4 is 19.5 Å². The molecule has 0 aliphatic heterocycles. The highest BCUT2D eigenvalue weighted by atomic mass is 35.5. The van der Waals surface area contributed by atoms with Crippen LogP contribution in [0.4, 0.5) is 5.69 Å². The van der Waals surface area contributed by atoms with E-state index in [0.717, 1.165) is 16.8 Å². The van der Waals surface area contributed by atoms with E-state index in [0.29, 0.717) is 27.4 Å². The van der Waals surface area contributed by atoms with Crippen molar-refractivity contribution in [1.29, 1.82) is 0 Å². The van der Waals surface area contributed by atoms with Gasteiger partial charge in [-0.2, -0.15) is 0 Å². The van der Waals surface area contributed by atoms with Gasteiger partial charge >= 0.3 is 0 Å². The van der Waals surface area contributed by atoms with E-state index in [1.807, 2.05) is 18.2 Å². The minimum atomic E-state index is -0.211. The first-order valence-electron chi connectivity index (χ1n) is 7.92. The third-order valence-electron chi connectivity index (χ3n) is 3.76. The van der Waals surface area contributed by atoms with Crippen LogP contribution in [0.2, 0.25) is 5.02 Å². The fraction of sp³-hybridized carbons (Fsp3) is 0.222. The van der Waals surface area contributed by atoms with Gasteiger partial charge in [-0.3, -0.25) is 4.79 Å². The van der Waals surface area contributed by atoms with Crippen LogP contribution in [0.1, 0.15) is 0 Å². The van der Waals surface area contributed by atoms with Crippen LogP contribution in [0.15, 0.2) is 35.5 Å². The Kier molecular flexibility index (Phi) is 5.98. The van der Waals surface area contributed by atoms with E-state index in [1.165, 1.54) is 26.0 Å². The van der Waals surface area contributed by atoms with Gasteiger partial charge < -0.3 is 24.5 Å². The van der Waals surface area contributed by atoms with Crippen molar-refractivity contribution in [3.63, 3.8) is 0 Å². The van der Waals surface area contributed by atoms with Crippen LogP contribution in [-0.2, 0) is 4.79 Å². The number of aromatic nitrogens is 2. The van der Waals surface area contributed by atoms with E-state index >= 15 is 0 Å². The number of carbonyl (C=O) groups excluding carboxylic acids is 1. The summed E-state index contributed by atoms with van der Waals surface area (Å²) in [5.74, 6) is 1.63. The topological polar surface area (TPSA) is 85.5 Å². The number of halogens is 1.